The molecule has 0 radical (unpaired) electrons. The second-order valence-electron chi connectivity index (χ2n) is 6.13. The third kappa shape index (κ3) is 3.64. The molecule has 0 aliphatic carbocycles. The summed E-state index contributed by atoms with van der Waals surface area (Å²) in [4.78, 5) is 39.7. The van der Waals surface area contributed by atoms with Crippen LogP contribution in [0.25, 0.3) is 10.9 Å². The number of H-pyrrole nitrogens is 1. The molecule has 0 aliphatic heterocycles. The molecule has 3 N–H and O–H groups in total. The number of fused-ring (bicyclic) bond motifs is 1. The Morgan fingerprint density at radius 1 is 1.08 bits per heavy atom. The van der Waals surface area contributed by atoms with Crippen LogP contribution in [0.4, 0.5) is 5.69 Å². The highest BCUT2D eigenvalue weighted by Crippen LogP contribution is 2.15. The lowest BCUT2D eigenvalue weighted by atomic mass is 10.1. The lowest BCUT2D eigenvalue weighted by molar-refractivity contribution is -0.115. The molecule has 3 aromatic rings. The fraction of sp³-hybridized carbons (Fsp3) is 0.150. The van der Waals surface area contributed by atoms with Crippen molar-refractivity contribution >= 4 is 28.4 Å². The van der Waals surface area contributed by atoms with E-state index >= 15 is 0 Å². The normalized spacial score (nSPS) is 10.5. The molecule has 0 bridgehead atoms. The largest absolute Gasteiger partial charge is 0.360 e. The highest BCUT2D eigenvalue weighted by Gasteiger charge is 2.14. The molecule has 1 aromatic heterocycles. The predicted molar refractivity (Wildman–Crippen MR) is 101 cm³/mol. The lowest BCUT2D eigenvalue weighted by Gasteiger charge is -2.10. The van der Waals surface area contributed by atoms with Crippen LogP contribution in [0, 0.1) is 13.8 Å². The van der Waals surface area contributed by atoms with Crippen LogP contribution >= 0.6 is 0 Å². The van der Waals surface area contributed by atoms with Crippen molar-refractivity contribution in [3.05, 3.63) is 75.6 Å². The Kier molecular flexibility index (Phi) is 4.84. The summed E-state index contributed by atoms with van der Waals surface area (Å²) in [6, 6.07) is 12.6. The van der Waals surface area contributed by atoms with E-state index in [1.807, 2.05) is 32.0 Å². The number of benzene rings is 2. The zero-order valence-electron chi connectivity index (χ0n) is 14.6. The molecule has 2 aromatic carbocycles. The van der Waals surface area contributed by atoms with Crippen LogP contribution < -0.4 is 16.1 Å². The maximum atomic E-state index is 12.4. The van der Waals surface area contributed by atoms with Crippen LogP contribution in [-0.2, 0) is 4.79 Å². The first-order valence-electron chi connectivity index (χ1n) is 8.21. The van der Waals surface area contributed by atoms with E-state index in [0.717, 1.165) is 11.1 Å². The first-order valence-corrected chi connectivity index (χ1v) is 8.21. The number of nitrogens with one attached hydrogen (secondary N) is 3. The number of carbonyl (C=O) groups is 2. The van der Waals surface area contributed by atoms with Crippen LogP contribution in [0.1, 0.15) is 21.5 Å². The van der Waals surface area contributed by atoms with Gasteiger partial charge in [0.1, 0.15) is 5.56 Å². The number of carbonyl (C=O) groups excluding carboxylic acids is 2. The number of aromatic amines is 1. The SMILES string of the molecule is Cc1ccc(NC(=O)CNC(=O)c2c[nH]c3ccccc3c2=O)c(C)c1. The number of pyridine rings is 1. The van der Waals surface area contributed by atoms with Gasteiger partial charge < -0.3 is 15.6 Å². The smallest absolute Gasteiger partial charge is 0.257 e. The highest BCUT2D eigenvalue weighted by atomic mass is 16.2. The van der Waals surface area contributed by atoms with Crippen molar-refractivity contribution in [1.82, 2.24) is 10.3 Å². The minimum atomic E-state index is -0.590. The molecule has 0 atom stereocenters. The summed E-state index contributed by atoms with van der Waals surface area (Å²) < 4.78 is 0. The van der Waals surface area contributed by atoms with Gasteiger partial charge in [-0.05, 0) is 37.6 Å². The van der Waals surface area contributed by atoms with Crippen LogP contribution in [0.3, 0.4) is 0 Å². The van der Waals surface area contributed by atoms with E-state index in [2.05, 4.69) is 15.6 Å². The fourth-order valence-corrected chi connectivity index (χ4v) is 2.74. The number of anilines is 1. The van der Waals surface area contributed by atoms with Gasteiger partial charge in [0.05, 0.1) is 6.54 Å². The summed E-state index contributed by atoms with van der Waals surface area (Å²) in [5, 5.41) is 5.66. The number of amides is 2. The minimum Gasteiger partial charge on any atom is -0.360 e. The highest BCUT2D eigenvalue weighted by molar-refractivity contribution is 6.00. The molecule has 0 aliphatic rings. The maximum Gasteiger partial charge on any atom is 0.257 e. The van der Waals surface area contributed by atoms with E-state index in [9.17, 15) is 14.4 Å². The van der Waals surface area contributed by atoms with E-state index in [4.69, 9.17) is 0 Å². The molecular weight excluding hydrogens is 330 g/mol. The van der Waals surface area contributed by atoms with Crippen LogP contribution in [0.2, 0.25) is 0 Å². The van der Waals surface area contributed by atoms with E-state index in [1.165, 1.54) is 6.20 Å². The second-order valence-corrected chi connectivity index (χ2v) is 6.13. The molecule has 0 spiro atoms. The van der Waals surface area contributed by atoms with Crippen molar-refractivity contribution < 1.29 is 9.59 Å². The number of hydrogen-bond acceptors (Lipinski definition) is 3. The van der Waals surface area contributed by atoms with Crippen LogP contribution in [0.5, 0.6) is 0 Å². The van der Waals surface area contributed by atoms with E-state index < -0.39 is 5.91 Å². The van der Waals surface area contributed by atoms with Gasteiger partial charge in [0.2, 0.25) is 11.3 Å². The van der Waals surface area contributed by atoms with Gasteiger partial charge in [-0.1, -0.05) is 29.8 Å². The van der Waals surface area contributed by atoms with Gasteiger partial charge >= 0.3 is 0 Å². The Labute approximate surface area is 150 Å². The molecule has 6 nitrogen and oxygen atoms in total. The van der Waals surface area contributed by atoms with Crippen molar-refractivity contribution in [2.75, 3.05) is 11.9 Å². The maximum absolute atomic E-state index is 12.4. The minimum absolute atomic E-state index is 0.0250. The molecule has 1 heterocycles. The van der Waals surface area contributed by atoms with E-state index in [-0.39, 0.29) is 23.4 Å². The Balaban J connectivity index is 1.68. The second kappa shape index (κ2) is 7.23. The quantitative estimate of drug-likeness (QED) is 0.676. The van der Waals surface area contributed by atoms with E-state index in [1.54, 1.807) is 24.3 Å². The third-order valence-corrected chi connectivity index (χ3v) is 4.10. The summed E-state index contributed by atoms with van der Waals surface area (Å²) in [6.07, 6.45) is 1.36. The Morgan fingerprint density at radius 2 is 1.85 bits per heavy atom. The number of rotatable bonds is 4. The molecule has 6 heteroatoms. The third-order valence-electron chi connectivity index (χ3n) is 4.10. The van der Waals surface area contributed by atoms with Crippen molar-refractivity contribution in [3.8, 4) is 0 Å². The monoisotopic (exact) mass is 349 g/mol. The summed E-state index contributed by atoms with van der Waals surface area (Å²) in [7, 11) is 0. The van der Waals surface area contributed by atoms with Gasteiger partial charge in [-0.15, -0.1) is 0 Å². The zero-order valence-corrected chi connectivity index (χ0v) is 14.6. The summed E-state index contributed by atoms with van der Waals surface area (Å²) >= 11 is 0. The summed E-state index contributed by atoms with van der Waals surface area (Å²) in [6.45, 7) is 3.65. The predicted octanol–water partition coefficient (Wildman–Crippen LogP) is 2.51. The first kappa shape index (κ1) is 17.4. The molecule has 2 amide bonds. The molecule has 0 fully saturated rings. The standard InChI is InChI=1S/C20H19N3O3/c1-12-7-8-16(13(2)9-12)23-18(24)11-22-20(26)15-10-21-17-6-4-3-5-14(17)19(15)25/h3-10H,11H2,1-2H3,(H,21,25)(H,22,26)(H,23,24). The number of aromatic nitrogens is 1. The molecule has 3 rings (SSSR count). The van der Waals surface area contributed by atoms with Gasteiger partial charge in [-0.3, -0.25) is 14.4 Å². The molecular formula is C20H19N3O3. The first-order chi connectivity index (χ1) is 12.5. The lowest BCUT2D eigenvalue weighted by Crippen LogP contribution is -2.35. The van der Waals surface area contributed by atoms with Gasteiger partial charge in [-0.2, -0.15) is 0 Å². The van der Waals surface area contributed by atoms with Gasteiger partial charge in [-0.25, -0.2) is 0 Å². The summed E-state index contributed by atoms with van der Waals surface area (Å²) in [5.74, 6) is -0.949. The fourth-order valence-electron chi connectivity index (χ4n) is 2.74. The molecule has 0 saturated heterocycles. The summed E-state index contributed by atoms with van der Waals surface area (Å²) in [5.41, 5.74) is 3.00. The number of hydrogen-bond donors (Lipinski definition) is 3. The average Bonchev–Trinajstić information content (AvgIpc) is 2.62. The Morgan fingerprint density at radius 3 is 2.62 bits per heavy atom. The van der Waals surface area contributed by atoms with Crippen molar-refractivity contribution in [2.45, 2.75) is 13.8 Å². The van der Waals surface area contributed by atoms with E-state index in [0.29, 0.717) is 16.6 Å². The Bertz CT molecular complexity index is 1050. The average molecular weight is 349 g/mol. The molecule has 0 saturated carbocycles. The van der Waals surface area contributed by atoms with Gasteiger partial charge in [0, 0.05) is 22.8 Å². The molecule has 0 unspecified atom stereocenters. The van der Waals surface area contributed by atoms with Crippen molar-refractivity contribution in [2.24, 2.45) is 0 Å². The van der Waals surface area contributed by atoms with Crippen LogP contribution in [-0.4, -0.2) is 23.3 Å². The van der Waals surface area contributed by atoms with Crippen molar-refractivity contribution in [3.63, 3.8) is 0 Å². The zero-order chi connectivity index (χ0) is 18.7. The number of aryl methyl sites for hydroxylation is 2. The van der Waals surface area contributed by atoms with Crippen molar-refractivity contribution in [1.29, 1.82) is 0 Å². The van der Waals surface area contributed by atoms with Crippen LogP contribution in [0.15, 0.2) is 53.5 Å². The van der Waals surface area contributed by atoms with Gasteiger partial charge in [0.25, 0.3) is 5.91 Å². The molecule has 26 heavy (non-hydrogen) atoms. The Hall–Kier alpha value is -3.41. The topological polar surface area (TPSA) is 91.1 Å². The molecule has 132 valence electrons. The van der Waals surface area contributed by atoms with Gasteiger partial charge in [0.15, 0.2) is 0 Å². The number of para-hydroxylation sites is 1.